The summed E-state index contributed by atoms with van der Waals surface area (Å²) >= 11 is 0. The molecule has 0 aromatic heterocycles. The van der Waals surface area contributed by atoms with Crippen LogP contribution in [0, 0.1) is 5.92 Å². The van der Waals surface area contributed by atoms with Gasteiger partial charge in [-0.2, -0.15) is 0 Å². The molecule has 16 heavy (non-hydrogen) atoms. The van der Waals surface area contributed by atoms with E-state index in [0.717, 1.165) is 17.9 Å². The third-order valence-corrected chi connectivity index (χ3v) is 2.45. The van der Waals surface area contributed by atoms with Gasteiger partial charge in [-0.1, -0.05) is 19.9 Å². The van der Waals surface area contributed by atoms with Crippen LogP contribution in [-0.2, 0) is 0 Å². The van der Waals surface area contributed by atoms with Crippen molar-refractivity contribution in [2.75, 3.05) is 12.4 Å². The van der Waals surface area contributed by atoms with Gasteiger partial charge >= 0.3 is 0 Å². The molecule has 0 amide bonds. The minimum Gasteiger partial charge on any atom is -0.497 e. The van der Waals surface area contributed by atoms with Crippen molar-refractivity contribution in [3.05, 3.63) is 36.9 Å². The summed E-state index contributed by atoms with van der Waals surface area (Å²) in [5.74, 6) is 1.54. The topological polar surface area (TPSA) is 21.3 Å². The maximum atomic E-state index is 5.12. The first-order valence-electron chi connectivity index (χ1n) is 5.69. The molecule has 0 fully saturated rings. The van der Waals surface area contributed by atoms with Gasteiger partial charge in [-0.15, -0.1) is 6.58 Å². The molecule has 88 valence electrons. The van der Waals surface area contributed by atoms with Gasteiger partial charge in [0.15, 0.2) is 0 Å². The van der Waals surface area contributed by atoms with E-state index in [1.807, 2.05) is 30.3 Å². The molecule has 2 nitrogen and oxygen atoms in total. The van der Waals surface area contributed by atoms with Crippen LogP contribution >= 0.6 is 0 Å². The molecule has 0 aliphatic carbocycles. The van der Waals surface area contributed by atoms with E-state index < -0.39 is 0 Å². The second kappa shape index (κ2) is 6.21. The van der Waals surface area contributed by atoms with Crippen LogP contribution in [-0.4, -0.2) is 13.2 Å². The van der Waals surface area contributed by atoms with Crippen LogP contribution in [0.3, 0.4) is 0 Å². The van der Waals surface area contributed by atoms with E-state index in [1.54, 1.807) is 7.11 Å². The van der Waals surface area contributed by atoms with Gasteiger partial charge in [-0.05, 0) is 36.6 Å². The Bertz CT molecular complexity index is 316. The molecule has 0 bridgehead atoms. The van der Waals surface area contributed by atoms with Gasteiger partial charge in [0.1, 0.15) is 5.75 Å². The Kier molecular flexibility index (Phi) is 4.90. The van der Waals surface area contributed by atoms with Gasteiger partial charge in [-0.25, -0.2) is 0 Å². The number of methoxy groups -OCH3 is 1. The lowest BCUT2D eigenvalue weighted by molar-refractivity contribution is 0.415. The van der Waals surface area contributed by atoms with Crippen LogP contribution < -0.4 is 10.1 Å². The average molecular weight is 219 g/mol. The molecule has 0 spiro atoms. The lowest BCUT2D eigenvalue weighted by atomic mass is 10.0. The number of nitrogens with one attached hydrogen (secondary N) is 1. The third-order valence-electron chi connectivity index (χ3n) is 2.45. The highest BCUT2D eigenvalue weighted by atomic mass is 16.5. The molecular weight excluding hydrogens is 198 g/mol. The number of benzene rings is 1. The minimum absolute atomic E-state index is 0.327. The molecule has 0 radical (unpaired) electrons. The minimum atomic E-state index is 0.327. The zero-order valence-corrected chi connectivity index (χ0v) is 10.4. The maximum Gasteiger partial charge on any atom is 0.119 e. The van der Waals surface area contributed by atoms with Gasteiger partial charge in [0, 0.05) is 11.7 Å². The third kappa shape index (κ3) is 3.97. The van der Waals surface area contributed by atoms with Crippen molar-refractivity contribution in [1.82, 2.24) is 0 Å². The predicted molar refractivity (Wildman–Crippen MR) is 70.1 cm³/mol. The monoisotopic (exact) mass is 219 g/mol. The van der Waals surface area contributed by atoms with Crippen LogP contribution in [0.1, 0.15) is 20.3 Å². The highest BCUT2D eigenvalue weighted by molar-refractivity contribution is 5.47. The van der Waals surface area contributed by atoms with E-state index in [1.165, 1.54) is 0 Å². The molecule has 0 saturated heterocycles. The normalized spacial score (nSPS) is 12.2. The van der Waals surface area contributed by atoms with Gasteiger partial charge in [-0.3, -0.25) is 0 Å². The van der Waals surface area contributed by atoms with Crippen molar-refractivity contribution in [3.63, 3.8) is 0 Å². The molecule has 1 aromatic carbocycles. The SMILES string of the molecule is C=C[C@@H](CC(C)C)Nc1ccc(OC)cc1. The second-order valence-electron chi connectivity index (χ2n) is 4.34. The van der Waals surface area contributed by atoms with E-state index in [0.29, 0.717) is 12.0 Å². The average Bonchev–Trinajstić information content (AvgIpc) is 2.28. The van der Waals surface area contributed by atoms with Crippen LogP contribution in [0.15, 0.2) is 36.9 Å². The molecule has 1 atom stereocenters. The quantitative estimate of drug-likeness (QED) is 0.736. The number of anilines is 1. The second-order valence-corrected chi connectivity index (χ2v) is 4.34. The molecule has 1 aromatic rings. The fraction of sp³-hybridized carbons (Fsp3) is 0.429. The van der Waals surface area contributed by atoms with Crippen molar-refractivity contribution in [2.24, 2.45) is 5.92 Å². The summed E-state index contributed by atoms with van der Waals surface area (Å²) in [7, 11) is 1.67. The van der Waals surface area contributed by atoms with Crippen LogP contribution in [0.25, 0.3) is 0 Å². The van der Waals surface area contributed by atoms with Crippen LogP contribution in [0.4, 0.5) is 5.69 Å². The predicted octanol–water partition coefficient (Wildman–Crippen LogP) is 3.71. The lowest BCUT2D eigenvalue weighted by Gasteiger charge is -2.18. The van der Waals surface area contributed by atoms with Gasteiger partial charge in [0.2, 0.25) is 0 Å². The molecule has 0 aliphatic heterocycles. The first-order valence-corrected chi connectivity index (χ1v) is 5.69. The molecule has 0 aliphatic rings. The van der Waals surface area contributed by atoms with Gasteiger partial charge in [0.25, 0.3) is 0 Å². The zero-order chi connectivity index (χ0) is 12.0. The Hall–Kier alpha value is -1.44. The van der Waals surface area contributed by atoms with Crippen molar-refractivity contribution in [2.45, 2.75) is 26.3 Å². The fourth-order valence-electron chi connectivity index (χ4n) is 1.62. The zero-order valence-electron chi connectivity index (χ0n) is 10.4. The van der Waals surface area contributed by atoms with Gasteiger partial charge < -0.3 is 10.1 Å². The Morgan fingerprint density at radius 2 is 1.94 bits per heavy atom. The molecule has 2 heteroatoms. The number of rotatable bonds is 6. The number of ether oxygens (including phenoxy) is 1. The molecule has 1 rings (SSSR count). The smallest absolute Gasteiger partial charge is 0.119 e. The summed E-state index contributed by atoms with van der Waals surface area (Å²) in [5, 5.41) is 3.44. The van der Waals surface area contributed by atoms with E-state index >= 15 is 0 Å². The standard InChI is InChI=1S/C14H21NO/c1-5-12(10-11(2)3)15-13-6-8-14(16-4)9-7-13/h5-9,11-12,15H,1,10H2,2-4H3/t12-/m0/s1. The molecule has 0 unspecified atom stereocenters. The van der Waals surface area contributed by atoms with Crippen molar-refractivity contribution >= 4 is 5.69 Å². The Labute approximate surface area is 98.3 Å². The summed E-state index contributed by atoms with van der Waals surface area (Å²) in [5.41, 5.74) is 1.10. The Balaban J connectivity index is 2.59. The summed E-state index contributed by atoms with van der Waals surface area (Å²) in [6, 6.07) is 8.29. The highest BCUT2D eigenvalue weighted by Crippen LogP contribution is 2.17. The Morgan fingerprint density at radius 3 is 2.38 bits per heavy atom. The summed E-state index contributed by atoms with van der Waals surface area (Å²) in [6.45, 7) is 8.29. The van der Waals surface area contributed by atoms with E-state index in [9.17, 15) is 0 Å². The van der Waals surface area contributed by atoms with E-state index in [-0.39, 0.29) is 0 Å². The fourth-order valence-corrected chi connectivity index (χ4v) is 1.62. The highest BCUT2D eigenvalue weighted by Gasteiger charge is 2.06. The largest absolute Gasteiger partial charge is 0.497 e. The van der Waals surface area contributed by atoms with Crippen molar-refractivity contribution in [3.8, 4) is 5.75 Å². The Morgan fingerprint density at radius 1 is 1.31 bits per heavy atom. The summed E-state index contributed by atoms with van der Waals surface area (Å²) in [4.78, 5) is 0. The number of hydrogen-bond acceptors (Lipinski definition) is 2. The molecule has 1 N–H and O–H groups in total. The van der Waals surface area contributed by atoms with Gasteiger partial charge in [0.05, 0.1) is 7.11 Å². The summed E-state index contributed by atoms with van der Waals surface area (Å²) in [6.07, 6.45) is 3.06. The molecular formula is C14H21NO. The van der Waals surface area contributed by atoms with Crippen LogP contribution in [0.2, 0.25) is 0 Å². The number of hydrogen-bond donors (Lipinski definition) is 1. The van der Waals surface area contributed by atoms with Crippen molar-refractivity contribution < 1.29 is 4.74 Å². The van der Waals surface area contributed by atoms with Crippen LogP contribution in [0.5, 0.6) is 5.75 Å². The molecule has 0 heterocycles. The first kappa shape index (κ1) is 12.6. The van der Waals surface area contributed by atoms with E-state index in [4.69, 9.17) is 4.74 Å². The summed E-state index contributed by atoms with van der Waals surface area (Å²) < 4.78 is 5.12. The molecule has 0 saturated carbocycles. The maximum absolute atomic E-state index is 5.12. The lowest BCUT2D eigenvalue weighted by Crippen LogP contribution is -2.18. The van der Waals surface area contributed by atoms with E-state index in [2.05, 4.69) is 25.7 Å². The van der Waals surface area contributed by atoms with Crippen molar-refractivity contribution in [1.29, 1.82) is 0 Å². The first-order chi connectivity index (χ1) is 7.65.